The molecule has 0 amide bonds. The molecule has 0 atom stereocenters. The summed E-state index contributed by atoms with van der Waals surface area (Å²) in [6.07, 6.45) is 6.22. The molecule has 2 heterocycles. The van der Waals surface area contributed by atoms with Crippen LogP contribution in [-0.4, -0.2) is 31.7 Å². The van der Waals surface area contributed by atoms with Gasteiger partial charge in [-0.25, -0.2) is 0 Å². The summed E-state index contributed by atoms with van der Waals surface area (Å²) >= 11 is 0. The maximum Gasteiger partial charge on any atom is 0.179 e. The van der Waals surface area contributed by atoms with Crippen molar-refractivity contribution >= 4 is 5.65 Å². The lowest BCUT2D eigenvalue weighted by atomic mass is 10.1. The van der Waals surface area contributed by atoms with E-state index in [9.17, 15) is 0 Å². The fraction of sp³-hybridized carbons (Fsp3) is 0.545. The van der Waals surface area contributed by atoms with Crippen LogP contribution in [0, 0.1) is 0 Å². The highest BCUT2D eigenvalue weighted by atomic mass is 15.2. The Labute approximate surface area is 94.9 Å². The molecular formula is C11H17N5. The third-order valence-corrected chi connectivity index (χ3v) is 2.29. The maximum absolute atomic E-state index is 4.15. The van der Waals surface area contributed by atoms with Gasteiger partial charge in [-0.1, -0.05) is 0 Å². The van der Waals surface area contributed by atoms with Gasteiger partial charge < -0.3 is 5.32 Å². The normalized spacial score (nSPS) is 12.2. The zero-order valence-corrected chi connectivity index (χ0v) is 9.94. The molecule has 0 aliphatic rings. The Morgan fingerprint density at radius 2 is 2.12 bits per heavy atom. The van der Waals surface area contributed by atoms with Gasteiger partial charge in [-0.3, -0.25) is 9.38 Å². The topological polar surface area (TPSA) is 55.1 Å². The molecule has 2 rings (SSSR count). The van der Waals surface area contributed by atoms with Gasteiger partial charge in [0, 0.05) is 30.9 Å². The third-order valence-electron chi connectivity index (χ3n) is 2.29. The molecule has 0 saturated carbocycles. The van der Waals surface area contributed by atoms with Gasteiger partial charge in [0.25, 0.3) is 0 Å². The van der Waals surface area contributed by atoms with E-state index >= 15 is 0 Å². The summed E-state index contributed by atoms with van der Waals surface area (Å²) in [4.78, 5) is 4.01. The highest BCUT2D eigenvalue weighted by molar-refractivity contribution is 5.33. The second-order valence-corrected chi connectivity index (χ2v) is 4.85. The van der Waals surface area contributed by atoms with Crippen molar-refractivity contribution in [3.8, 4) is 0 Å². The van der Waals surface area contributed by atoms with E-state index in [-0.39, 0.29) is 5.54 Å². The van der Waals surface area contributed by atoms with E-state index in [0.717, 1.165) is 24.4 Å². The van der Waals surface area contributed by atoms with Gasteiger partial charge >= 0.3 is 0 Å². The first kappa shape index (κ1) is 11.0. The molecule has 0 aliphatic carbocycles. The summed E-state index contributed by atoms with van der Waals surface area (Å²) in [7, 11) is 0. The lowest BCUT2D eigenvalue weighted by molar-refractivity contribution is 0.427. The van der Waals surface area contributed by atoms with Crippen molar-refractivity contribution in [3.05, 3.63) is 24.4 Å². The van der Waals surface area contributed by atoms with Crippen molar-refractivity contribution in [3.63, 3.8) is 0 Å². The Hall–Kier alpha value is -1.49. The number of rotatable bonds is 3. The highest BCUT2D eigenvalue weighted by Crippen LogP contribution is 2.03. The maximum atomic E-state index is 4.15. The van der Waals surface area contributed by atoms with Crippen LogP contribution in [0.5, 0.6) is 0 Å². The minimum atomic E-state index is 0.141. The van der Waals surface area contributed by atoms with Gasteiger partial charge in [-0.05, 0) is 20.8 Å². The van der Waals surface area contributed by atoms with E-state index in [4.69, 9.17) is 0 Å². The minimum absolute atomic E-state index is 0.141. The fourth-order valence-electron chi connectivity index (χ4n) is 1.52. The molecule has 16 heavy (non-hydrogen) atoms. The molecule has 0 aromatic carbocycles. The summed E-state index contributed by atoms with van der Waals surface area (Å²) in [5, 5.41) is 11.6. The monoisotopic (exact) mass is 219 g/mol. The Bertz CT molecular complexity index is 468. The number of hydrogen-bond donors (Lipinski definition) is 1. The molecule has 0 radical (unpaired) electrons. The van der Waals surface area contributed by atoms with Crippen molar-refractivity contribution < 1.29 is 0 Å². The Morgan fingerprint density at radius 3 is 2.88 bits per heavy atom. The number of aromatic nitrogens is 4. The van der Waals surface area contributed by atoms with Crippen molar-refractivity contribution in [1.29, 1.82) is 0 Å². The first-order valence-corrected chi connectivity index (χ1v) is 5.45. The second kappa shape index (κ2) is 4.17. The van der Waals surface area contributed by atoms with Gasteiger partial charge in [0.1, 0.15) is 5.82 Å². The van der Waals surface area contributed by atoms with Gasteiger partial charge in [0.15, 0.2) is 5.65 Å². The van der Waals surface area contributed by atoms with Crippen LogP contribution in [0.4, 0.5) is 0 Å². The molecule has 5 heteroatoms. The number of hydrogen-bond acceptors (Lipinski definition) is 4. The lowest BCUT2D eigenvalue weighted by Gasteiger charge is -2.19. The van der Waals surface area contributed by atoms with Crippen molar-refractivity contribution in [2.75, 3.05) is 6.54 Å². The quantitative estimate of drug-likeness (QED) is 0.838. The van der Waals surface area contributed by atoms with Gasteiger partial charge in [-0.15, -0.1) is 10.2 Å². The zero-order valence-electron chi connectivity index (χ0n) is 9.94. The number of nitrogens with zero attached hydrogens (tertiary/aromatic N) is 4. The van der Waals surface area contributed by atoms with Crippen molar-refractivity contribution in [2.24, 2.45) is 0 Å². The predicted molar refractivity (Wildman–Crippen MR) is 62.2 cm³/mol. The molecule has 0 aliphatic heterocycles. The molecule has 0 saturated heterocycles. The summed E-state index contributed by atoms with van der Waals surface area (Å²) in [5.74, 6) is 0.967. The Morgan fingerprint density at radius 1 is 1.31 bits per heavy atom. The Kier molecular flexibility index (Phi) is 2.87. The van der Waals surface area contributed by atoms with Crippen LogP contribution in [0.3, 0.4) is 0 Å². The molecule has 1 N–H and O–H groups in total. The largest absolute Gasteiger partial charge is 0.312 e. The fourth-order valence-corrected chi connectivity index (χ4v) is 1.52. The summed E-state index contributed by atoms with van der Waals surface area (Å²) in [6.45, 7) is 7.35. The van der Waals surface area contributed by atoms with E-state index in [2.05, 4.69) is 41.3 Å². The molecule has 0 unspecified atom stereocenters. The molecule has 5 nitrogen and oxygen atoms in total. The van der Waals surface area contributed by atoms with E-state index in [1.165, 1.54) is 0 Å². The molecular weight excluding hydrogens is 202 g/mol. The van der Waals surface area contributed by atoms with E-state index in [0.29, 0.717) is 0 Å². The van der Waals surface area contributed by atoms with Crippen molar-refractivity contribution in [1.82, 2.24) is 24.9 Å². The molecule has 0 fully saturated rings. The molecule has 2 aromatic rings. The number of nitrogens with one attached hydrogen (secondary N) is 1. The summed E-state index contributed by atoms with van der Waals surface area (Å²) < 4.78 is 1.97. The van der Waals surface area contributed by atoms with Crippen LogP contribution in [0.15, 0.2) is 18.6 Å². The predicted octanol–water partition coefficient (Wildman–Crippen LogP) is 1.05. The highest BCUT2D eigenvalue weighted by Gasteiger charge is 2.09. The van der Waals surface area contributed by atoms with E-state index < -0.39 is 0 Å². The van der Waals surface area contributed by atoms with Gasteiger partial charge in [0.05, 0.1) is 6.20 Å². The SMILES string of the molecule is CC(C)(C)NCCc1nnc2cnccn12. The molecule has 0 bridgehead atoms. The van der Waals surface area contributed by atoms with Crippen molar-refractivity contribution in [2.45, 2.75) is 32.7 Å². The van der Waals surface area contributed by atoms with Crippen LogP contribution >= 0.6 is 0 Å². The average Bonchev–Trinajstić information content (AvgIpc) is 2.60. The lowest BCUT2D eigenvalue weighted by Crippen LogP contribution is -2.37. The third kappa shape index (κ3) is 2.55. The summed E-state index contributed by atoms with van der Waals surface area (Å²) in [6, 6.07) is 0. The van der Waals surface area contributed by atoms with Crippen LogP contribution in [0.2, 0.25) is 0 Å². The van der Waals surface area contributed by atoms with Crippen LogP contribution in [0.25, 0.3) is 5.65 Å². The summed E-state index contributed by atoms with van der Waals surface area (Å²) in [5.41, 5.74) is 0.940. The average molecular weight is 219 g/mol. The minimum Gasteiger partial charge on any atom is -0.312 e. The zero-order chi connectivity index (χ0) is 11.6. The van der Waals surface area contributed by atoms with Crippen LogP contribution in [0.1, 0.15) is 26.6 Å². The molecule has 0 spiro atoms. The second-order valence-electron chi connectivity index (χ2n) is 4.85. The molecule has 86 valence electrons. The Balaban J connectivity index is 2.05. The standard InChI is InChI=1S/C11H17N5/c1-11(2,3)13-5-4-9-14-15-10-8-12-6-7-16(9)10/h6-8,13H,4-5H2,1-3H3. The van der Waals surface area contributed by atoms with E-state index in [1.807, 2.05) is 10.6 Å². The van der Waals surface area contributed by atoms with Crippen LogP contribution in [-0.2, 0) is 6.42 Å². The van der Waals surface area contributed by atoms with Gasteiger partial charge in [-0.2, -0.15) is 0 Å². The van der Waals surface area contributed by atoms with Gasteiger partial charge in [0.2, 0.25) is 0 Å². The van der Waals surface area contributed by atoms with Crippen LogP contribution < -0.4 is 5.32 Å². The molecule has 2 aromatic heterocycles. The van der Waals surface area contributed by atoms with E-state index in [1.54, 1.807) is 12.4 Å². The first-order valence-electron chi connectivity index (χ1n) is 5.45. The first-order chi connectivity index (χ1) is 7.56. The number of fused-ring (bicyclic) bond motifs is 1. The smallest absolute Gasteiger partial charge is 0.179 e.